The second-order valence-electron chi connectivity index (χ2n) is 11.8. The van der Waals surface area contributed by atoms with Crippen molar-refractivity contribution in [3.63, 3.8) is 0 Å². The summed E-state index contributed by atoms with van der Waals surface area (Å²) in [7, 11) is 0. The van der Waals surface area contributed by atoms with Crippen LogP contribution in [0.2, 0.25) is 0 Å². The molecule has 0 bridgehead atoms. The van der Waals surface area contributed by atoms with E-state index in [-0.39, 0.29) is 36.5 Å². The largest absolute Gasteiger partial charge is 0.364 e. The molecule has 14 heteroatoms. The average molecular weight is 640 g/mol. The van der Waals surface area contributed by atoms with Gasteiger partial charge in [-0.25, -0.2) is 8.78 Å². The maximum Gasteiger partial charge on any atom is 0.269 e. The van der Waals surface area contributed by atoms with Crippen molar-refractivity contribution in [2.24, 2.45) is 5.73 Å². The Bertz CT molecular complexity index is 2010. The molecule has 2 unspecified atom stereocenters. The van der Waals surface area contributed by atoms with E-state index < -0.39 is 35.8 Å². The third-order valence-corrected chi connectivity index (χ3v) is 8.72. The van der Waals surface area contributed by atoms with Crippen LogP contribution in [0.15, 0.2) is 60.9 Å². The van der Waals surface area contributed by atoms with Crippen molar-refractivity contribution < 1.29 is 23.2 Å². The lowest BCUT2D eigenvalue weighted by atomic mass is 10.0. The van der Waals surface area contributed by atoms with Crippen molar-refractivity contribution in [2.75, 3.05) is 11.9 Å². The number of rotatable bonds is 7. The highest BCUT2D eigenvalue weighted by Crippen LogP contribution is 2.30. The minimum absolute atomic E-state index is 0.0192. The SMILES string of the molecule is NC(=O)c1nn(CC(=O)N2CC(F)CC2C(=O)Nc2ccc(F)c(-c3nnc4n3CCCCC4)c2)c2ccc(-c3cccnc3)cc12. The molecular weight excluding hydrogens is 608 g/mol. The van der Waals surface area contributed by atoms with Crippen molar-refractivity contribution in [1.82, 2.24) is 34.4 Å². The van der Waals surface area contributed by atoms with Gasteiger partial charge in [-0.3, -0.25) is 24.0 Å². The molecule has 5 aromatic rings. The highest BCUT2D eigenvalue weighted by atomic mass is 19.1. The van der Waals surface area contributed by atoms with Crippen molar-refractivity contribution in [3.05, 3.63) is 78.3 Å². The number of nitrogens with two attached hydrogens (primary N) is 1. The zero-order chi connectivity index (χ0) is 32.7. The summed E-state index contributed by atoms with van der Waals surface area (Å²) in [5.74, 6) is -1.28. The molecular formula is C33H31F2N9O3. The van der Waals surface area contributed by atoms with Gasteiger partial charge < -0.3 is 20.5 Å². The van der Waals surface area contributed by atoms with Crippen LogP contribution in [0, 0.1) is 5.82 Å². The molecule has 2 aliphatic rings. The maximum atomic E-state index is 15.0. The predicted octanol–water partition coefficient (Wildman–Crippen LogP) is 3.90. The van der Waals surface area contributed by atoms with Crippen LogP contribution >= 0.6 is 0 Å². The molecule has 47 heavy (non-hydrogen) atoms. The Morgan fingerprint density at radius 1 is 1.02 bits per heavy atom. The zero-order valence-corrected chi connectivity index (χ0v) is 25.3. The maximum absolute atomic E-state index is 15.0. The number of amides is 3. The van der Waals surface area contributed by atoms with Gasteiger partial charge in [-0.15, -0.1) is 10.2 Å². The quantitative estimate of drug-likeness (QED) is 0.274. The lowest BCUT2D eigenvalue weighted by Crippen LogP contribution is -2.44. The van der Waals surface area contributed by atoms with Crippen LogP contribution in [0.1, 0.15) is 42.0 Å². The zero-order valence-electron chi connectivity index (χ0n) is 25.3. The number of halogens is 2. The summed E-state index contributed by atoms with van der Waals surface area (Å²) in [6, 6.07) is 11.9. The van der Waals surface area contributed by atoms with E-state index in [9.17, 15) is 18.8 Å². The number of carbonyl (C=O) groups is 3. The molecule has 7 rings (SSSR count). The monoisotopic (exact) mass is 639 g/mol. The minimum atomic E-state index is -1.43. The number of hydrogen-bond acceptors (Lipinski definition) is 7. The van der Waals surface area contributed by atoms with E-state index in [0.717, 1.165) is 42.6 Å². The average Bonchev–Trinajstić information content (AvgIpc) is 3.72. The molecule has 2 aliphatic heterocycles. The van der Waals surface area contributed by atoms with Gasteiger partial charge in [0.15, 0.2) is 11.5 Å². The summed E-state index contributed by atoms with van der Waals surface area (Å²) in [4.78, 5) is 44.7. The van der Waals surface area contributed by atoms with Crippen LogP contribution in [-0.4, -0.2) is 70.9 Å². The molecule has 0 aliphatic carbocycles. The van der Waals surface area contributed by atoms with Gasteiger partial charge in [0.25, 0.3) is 5.91 Å². The number of alkyl halides is 1. The summed E-state index contributed by atoms with van der Waals surface area (Å²) in [5.41, 5.74) is 8.14. The van der Waals surface area contributed by atoms with E-state index in [1.165, 1.54) is 27.8 Å². The molecule has 0 spiro atoms. The lowest BCUT2D eigenvalue weighted by Gasteiger charge is -2.24. The number of nitrogens with zero attached hydrogens (tertiary/aromatic N) is 7. The molecule has 1 fully saturated rings. The number of pyridine rings is 1. The van der Waals surface area contributed by atoms with Crippen LogP contribution in [0.4, 0.5) is 14.5 Å². The first kappa shape index (κ1) is 30.1. The van der Waals surface area contributed by atoms with Gasteiger partial charge in [-0.1, -0.05) is 18.6 Å². The molecule has 12 nitrogen and oxygen atoms in total. The van der Waals surface area contributed by atoms with E-state index >= 15 is 4.39 Å². The van der Waals surface area contributed by atoms with E-state index in [1.54, 1.807) is 30.6 Å². The number of benzene rings is 2. The second-order valence-corrected chi connectivity index (χ2v) is 11.8. The molecule has 5 heterocycles. The fourth-order valence-corrected chi connectivity index (χ4v) is 6.41. The van der Waals surface area contributed by atoms with Gasteiger partial charge in [0.2, 0.25) is 11.8 Å². The number of aromatic nitrogens is 6. The van der Waals surface area contributed by atoms with Gasteiger partial charge in [-0.2, -0.15) is 5.10 Å². The molecule has 3 amide bonds. The summed E-state index contributed by atoms with van der Waals surface area (Å²) in [5, 5.41) is 16.0. The Morgan fingerprint density at radius 2 is 1.89 bits per heavy atom. The Labute approximate surface area is 267 Å². The summed E-state index contributed by atoms with van der Waals surface area (Å²) < 4.78 is 33.0. The summed E-state index contributed by atoms with van der Waals surface area (Å²) >= 11 is 0. The number of primary amides is 1. The van der Waals surface area contributed by atoms with Gasteiger partial charge in [-0.05, 0) is 54.8 Å². The number of anilines is 1. The third-order valence-electron chi connectivity index (χ3n) is 8.72. The smallest absolute Gasteiger partial charge is 0.269 e. The first-order valence-corrected chi connectivity index (χ1v) is 15.4. The molecule has 1 saturated heterocycles. The molecule has 240 valence electrons. The number of fused-ring (bicyclic) bond motifs is 2. The topological polar surface area (TPSA) is 154 Å². The third kappa shape index (κ3) is 5.82. The van der Waals surface area contributed by atoms with E-state index in [2.05, 4.69) is 25.6 Å². The summed E-state index contributed by atoms with van der Waals surface area (Å²) in [6.07, 6.45) is 5.41. The first-order chi connectivity index (χ1) is 22.8. The second kappa shape index (κ2) is 12.3. The van der Waals surface area contributed by atoms with E-state index in [4.69, 9.17) is 5.73 Å². The standard InChI is InChI=1S/C33H31F2N9O3/c34-21-14-27(33(47)38-22-8-9-25(35)23(15-22)32-40-39-28-6-2-1-3-12-42(28)32)43(17-21)29(45)18-44-26-10-7-19(20-5-4-11-37-16-20)13-24(26)30(41-44)31(36)46/h4-5,7-11,13,15-16,21,27H,1-3,6,12,14,17-18H2,(H2,36,46)(H,38,47). The normalized spacial score (nSPS) is 17.8. The molecule has 3 aromatic heterocycles. The Kier molecular flexibility index (Phi) is 7.92. The van der Waals surface area contributed by atoms with Crippen molar-refractivity contribution in [1.29, 1.82) is 0 Å². The van der Waals surface area contributed by atoms with E-state index in [1.807, 2.05) is 16.7 Å². The molecule has 0 radical (unpaired) electrons. The Morgan fingerprint density at radius 3 is 2.70 bits per heavy atom. The van der Waals surface area contributed by atoms with Crippen molar-refractivity contribution in [2.45, 2.75) is 57.4 Å². The Hall–Kier alpha value is -5.53. The highest BCUT2D eigenvalue weighted by molar-refractivity contribution is 6.05. The number of hydrogen-bond donors (Lipinski definition) is 2. The summed E-state index contributed by atoms with van der Waals surface area (Å²) in [6.45, 7) is 0.0264. The Balaban J connectivity index is 1.11. The van der Waals surface area contributed by atoms with Crippen LogP contribution < -0.4 is 11.1 Å². The minimum Gasteiger partial charge on any atom is -0.364 e. The number of aryl methyl sites for hydroxylation is 1. The van der Waals surface area contributed by atoms with Gasteiger partial charge in [0, 0.05) is 48.4 Å². The van der Waals surface area contributed by atoms with Crippen LogP contribution in [-0.2, 0) is 29.1 Å². The van der Waals surface area contributed by atoms with Crippen molar-refractivity contribution >= 4 is 34.3 Å². The number of likely N-dealkylation sites (tertiary alicyclic amines) is 1. The van der Waals surface area contributed by atoms with Crippen molar-refractivity contribution in [3.8, 4) is 22.5 Å². The highest BCUT2D eigenvalue weighted by Gasteiger charge is 2.40. The molecule has 3 N–H and O–H groups in total. The van der Waals surface area contributed by atoms with Crippen LogP contribution in [0.3, 0.4) is 0 Å². The van der Waals surface area contributed by atoms with Gasteiger partial charge in [0.1, 0.15) is 30.4 Å². The van der Waals surface area contributed by atoms with Crippen LogP contribution in [0.5, 0.6) is 0 Å². The van der Waals surface area contributed by atoms with Crippen LogP contribution in [0.25, 0.3) is 33.4 Å². The van der Waals surface area contributed by atoms with E-state index in [0.29, 0.717) is 23.3 Å². The molecule has 2 atom stereocenters. The number of carbonyl (C=O) groups excluding carboxylic acids is 3. The predicted molar refractivity (Wildman–Crippen MR) is 168 cm³/mol. The lowest BCUT2D eigenvalue weighted by molar-refractivity contribution is -0.137. The first-order valence-electron chi connectivity index (χ1n) is 15.4. The molecule has 0 saturated carbocycles. The number of nitrogens with one attached hydrogen (secondary N) is 1. The van der Waals surface area contributed by atoms with Gasteiger partial charge >= 0.3 is 0 Å². The molecule has 2 aromatic carbocycles. The fraction of sp³-hybridized carbons (Fsp3) is 0.303. The fourth-order valence-electron chi connectivity index (χ4n) is 6.41. The van der Waals surface area contributed by atoms with Gasteiger partial charge in [0.05, 0.1) is 17.6 Å².